The van der Waals surface area contributed by atoms with Crippen LogP contribution in [0.25, 0.3) is 0 Å². The van der Waals surface area contributed by atoms with Crippen LogP contribution in [0.4, 0.5) is 0 Å². The molecule has 1 nitrogen and oxygen atoms in total. The van der Waals surface area contributed by atoms with E-state index in [-0.39, 0.29) is 6.04 Å². The van der Waals surface area contributed by atoms with E-state index in [4.69, 9.17) is 11.6 Å². The lowest BCUT2D eigenvalue weighted by Crippen LogP contribution is -2.21. The van der Waals surface area contributed by atoms with Crippen molar-refractivity contribution in [1.82, 2.24) is 5.32 Å². The molecule has 0 spiro atoms. The SMILES string of the molecule is CCNC(c1ccc(Cl)s1)c1cc(Br)ccc1C. The highest BCUT2D eigenvalue weighted by atomic mass is 79.9. The molecule has 0 aliphatic heterocycles. The monoisotopic (exact) mass is 343 g/mol. The van der Waals surface area contributed by atoms with E-state index in [9.17, 15) is 0 Å². The molecule has 2 rings (SSSR count). The average molecular weight is 345 g/mol. The molecule has 1 atom stereocenters. The van der Waals surface area contributed by atoms with E-state index >= 15 is 0 Å². The van der Waals surface area contributed by atoms with Gasteiger partial charge in [0.15, 0.2) is 0 Å². The molecule has 4 heteroatoms. The van der Waals surface area contributed by atoms with Crippen LogP contribution < -0.4 is 5.32 Å². The van der Waals surface area contributed by atoms with Gasteiger partial charge in [-0.15, -0.1) is 11.3 Å². The maximum atomic E-state index is 6.04. The van der Waals surface area contributed by atoms with Gasteiger partial charge in [0.25, 0.3) is 0 Å². The Balaban J connectivity index is 2.44. The van der Waals surface area contributed by atoms with Gasteiger partial charge in [-0.1, -0.05) is 40.5 Å². The number of halogens is 2. The van der Waals surface area contributed by atoms with E-state index in [1.807, 2.05) is 6.07 Å². The largest absolute Gasteiger partial charge is 0.306 e. The molecule has 2 aromatic rings. The molecule has 0 aliphatic rings. The van der Waals surface area contributed by atoms with Crippen molar-refractivity contribution < 1.29 is 0 Å². The summed E-state index contributed by atoms with van der Waals surface area (Å²) in [6.07, 6.45) is 0. The molecule has 0 amide bonds. The van der Waals surface area contributed by atoms with Crippen molar-refractivity contribution >= 4 is 38.9 Å². The van der Waals surface area contributed by atoms with Crippen molar-refractivity contribution in [2.45, 2.75) is 19.9 Å². The Morgan fingerprint density at radius 1 is 1.33 bits per heavy atom. The number of aryl methyl sites for hydroxylation is 1. The predicted octanol–water partition coefficient (Wildman–Crippen LogP) is 5.17. The number of hydrogen-bond acceptors (Lipinski definition) is 2. The summed E-state index contributed by atoms with van der Waals surface area (Å²) in [5.74, 6) is 0. The van der Waals surface area contributed by atoms with E-state index in [2.05, 4.69) is 59.4 Å². The standard InChI is InChI=1S/C14H15BrClNS/c1-3-17-14(12-6-7-13(16)18-12)11-8-10(15)5-4-9(11)2/h4-8,14,17H,3H2,1-2H3. The van der Waals surface area contributed by atoms with Crippen molar-refractivity contribution in [1.29, 1.82) is 0 Å². The predicted molar refractivity (Wildman–Crippen MR) is 83.7 cm³/mol. The smallest absolute Gasteiger partial charge is 0.0931 e. The zero-order chi connectivity index (χ0) is 13.1. The minimum absolute atomic E-state index is 0.213. The first-order chi connectivity index (χ1) is 8.61. The summed E-state index contributed by atoms with van der Waals surface area (Å²) in [6.45, 7) is 5.18. The number of rotatable bonds is 4. The van der Waals surface area contributed by atoms with Crippen LogP contribution in [0.2, 0.25) is 4.34 Å². The minimum atomic E-state index is 0.213. The molecule has 96 valence electrons. The van der Waals surface area contributed by atoms with E-state index in [0.717, 1.165) is 15.4 Å². The van der Waals surface area contributed by atoms with E-state index in [1.54, 1.807) is 11.3 Å². The fourth-order valence-corrected chi connectivity index (χ4v) is 3.51. The normalized spacial score (nSPS) is 12.7. The van der Waals surface area contributed by atoms with Gasteiger partial charge in [0.1, 0.15) is 0 Å². The highest BCUT2D eigenvalue weighted by Crippen LogP contribution is 2.33. The molecular formula is C14H15BrClNS. The quantitative estimate of drug-likeness (QED) is 0.806. The summed E-state index contributed by atoms with van der Waals surface area (Å²) in [5, 5.41) is 3.53. The molecule has 0 saturated heterocycles. The van der Waals surface area contributed by atoms with Crippen LogP contribution in [-0.2, 0) is 0 Å². The second kappa shape index (κ2) is 6.20. The van der Waals surface area contributed by atoms with Crippen LogP contribution in [0, 0.1) is 6.92 Å². The van der Waals surface area contributed by atoms with Gasteiger partial charge in [0.05, 0.1) is 10.4 Å². The lowest BCUT2D eigenvalue weighted by molar-refractivity contribution is 0.636. The summed E-state index contributed by atoms with van der Waals surface area (Å²) >= 11 is 11.2. The molecule has 0 aliphatic carbocycles. The molecule has 1 aromatic carbocycles. The fourth-order valence-electron chi connectivity index (χ4n) is 1.97. The van der Waals surface area contributed by atoms with Crippen LogP contribution >= 0.6 is 38.9 Å². The summed E-state index contributed by atoms with van der Waals surface area (Å²) < 4.78 is 1.94. The van der Waals surface area contributed by atoms with Crippen LogP contribution in [0.3, 0.4) is 0 Å². The Kier molecular flexibility index (Phi) is 4.84. The molecule has 1 aromatic heterocycles. The first kappa shape index (κ1) is 14.1. The first-order valence-corrected chi connectivity index (χ1v) is 7.85. The molecule has 0 fully saturated rings. The van der Waals surface area contributed by atoms with Gasteiger partial charge >= 0.3 is 0 Å². The van der Waals surface area contributed by atoms with E-state index in [0.29, 0.717) is 0 Å². The number of benzene rings is 1. The second-order valence-corrected chi connectivity index (χ2v) is 6.80. The Morgan fingerprint density at radius 2 is 2.11 bits per heavy atom. The minimum Gasteiger partial charge on any atom is -0.306 e. The summed E-state index contributed by atoms with van der Waals surface area (Å²) in [7, 11) is 0. The van der Waals surface area contributed by atoms with Crippen molar-refractivity contribution in [2.75, 3.05) is 6.54 Å². The van der Waals surface area contributed by atoms with Crippen molar-refractivity contribution in [3.63, 3.8) is 0 Å². The fraction of sp³-hybridized carbons (Fsp3) is 0.286. The number of nitrogens with one attached hydrogen (secondary N) is 1. The number of thiophene rings is 1. The van der Waals surface area contributed by atoms with Gasteiger partial charge in [0, 0.05) is 9.35 Å². The van der Waals surface area contributed by atoms with Crippen molar-refractivity contribution in [2.24, 2.45) is 0 Å². The maximum Gasteiger partial charge on any atom is 0.0931 e. The van der Waals surface area contributed by atoms with Gasteiger partial charge in [-0.2, -0.15) is 0 Å². The summed E-state index contributed by atoms with van der Waals surface area (Å²) in [6, 6.07) is 10.7. The van der Waals surface area contributed by atoms with E-state index in [1.165, 1.54) is 16.0 Å². The third-order valence-electron chi connectivity index (χ3n) is 2.84. The molecule has 1 unspecified atom stereocenters. The molecule has 0 saturated carbocycles. The topological polar surface area (TPSA) is 12.0 Å². The Bertz CT molecular complexity index is 538. The number of hydrogen-bond donors (Lipinski definition) is 1. The third kappa shape index (κ3) is 3.15. The highest BCUT2D eigenvalue weighted by molar-refractivity contribution is 9.10. The lowest BCUT2D eigenvalue weighted by atomic mass is 10.00. The van der Waals surface area contributed by atoms with E-state index < -0.39 is 0 Å². The zero-order valence-electron chi connectivity index (χ0n) is 10.3. The third-order valence-corrected chi connectivity index (χ3v) is 4.63. The van der Waals surface area contributed by atoms with Crippen LogP contribution in [0.15, 0.2) is 34.8 Å². The zero-order valence-corrected chi connectivity index (χ0v) is 13.5. The maximum absolute atomic E-state index is 6.04. The first-order valence-electron chi connectivity index (χ1n) is 5.86. The Labute approximate surface area is 125 Å². The molecular weight excluding hydrogens is 330 g/mol. The summed E-state index contributed by atoms with van der Waals surface area (Å²) in [4.78, 5) is 1.25. The Morgan fingerprint density at radius 3 is 2.72 bits per heavy atom. The average Bonchev–Trinajstić information content (AvgIpc) is 2.76. The van der Waals surface area contributed by atoms with Crippen molar-refractivity contribution in [3.8, 4) is 0 Å². The van der Waals surface area contributed by atoms with Gasteiger partial charge < -0.3 is 5.32 Å². The van der Waals surface area contributed by atoms with Gasteiger partial charge in [-0.25, -0.2) is 0 Å². The highest BCUT2D eigenvalue weighted by Gasteiger charge is 2.17. The van der Waals surface area contributed by atoms with Crippen LogP contribution in [-0.4, -0.2) is 6.54 Å². The van der Waals surface area contributed by atoms with Crippen LogP contribution in [0.5, 0.6) is 0 Å². The lowest BCUT2D eigenvalue weighted by Gasteiger charge is -2.19. The van der Waals surface area contributed by atoms with Gasteiger partial charge in [-0.05, 0) is 48.9 Å². The Hall–Kier alpha value is -0.350. The molecule has 0 radical (unpaired) electrons. The van der Waals surface area contributed by atoms with Gasteiger partial charge in [0.2, 0.25) is 0 Å². The summed E-state index contributed by atoms with van der Waals surface area (Å²) in [5.41, 5.74) is 2.58. The second-order valence-electron chi connectivity index (χ2n) is 4.13. The van der Waals surface area contributed by atoms with Crippen molar-refractivity contribution in [3.05, 3.63) is 55.1 Å². The van der Waals surface area contributed by atoms with Gasteiger partial charge in [-0.3, -0.25) is 0 Å². The molecule has 1 N–H and O–H groups in total. The molecule has 18 heavy (non-hydrogen) atoms. The molecule has 1 heterocycles. The molecule has 0 bridgehead atoms. The van der Waals surface area contributed by atoms with Crippen LogP contribution in [0.1, 0.15) is 29.0 Å².